The highest BCUT2D eigenvalue weighted by atomic mass is 16.4. The molecule has 0 unspecified atom stereocenters. The lowest BCUT2D eigenvalue weighted by Crippen LogP contribution is -2.44. The van der Waals surface area contributed by atoms with Crippen LogP contribution in [0.5, 0.6) is 0 Å². The Balaban J connectivity index is 1.72. The SMILES string of the molecule is O=C(O)CN(C(=O)N1Cc2ccccc2C1)C1CC1. The second-order valence-electron chi connectivity index (χ2n) is 5.16. The molecule has 19 heavy (non-hydrogen) atoms. The van der Waals surface area contributed by atoms with Gasteiger partial charge in [-0.25, -0.2) is 4.79 Å². The molecule has 1 heterocycles. The monoisotopic (exact) mass is 260 g/mol. The average molecular weight is 260 g/mol. The lowest BCUT2D eigenvalue weighted by molar-refractivity contribution is -0.137. The summed E-state index contributed by atoms with van der Waals surface area (Å²) in [6.07, 6.45) is 1.83. The van der Waals surface area contributed by atoms with Gasteiger partial charge in [0.25, 0.3) is 0 Å². The van der Waals surface area contributed by atoms with Crippen molar-refractivity contribution in [3.05, 3.63) is 35.4 Å². The first-order chi connectivity index (χ1) is 9.15. The van der Waals surface area contributed by atoms with Crippen LogP contribution in [0.25, 0.3) is 0 Å². The van der Waals surface area contributed by atoms with Crippen LogP contribution in [0.1, 0.15) is 24.0 Å². The summed E-state index contributed by atoms with van der Waals surface area (Å²) < 4.78 is 0. The molecular formula is C14H16N2O3. The largest absolute Gasteiger partial charge is 0.480 e. The summed E-state index contributed by atoms with van der Waals surface area (Å²) in [6, 6.07) is 7.92. The van der Waals surface area contributed by atoms with Gasteiger partial charge in [-0.15, -0.1) is 0 Å². The number of carbonyl (C=O) groups is 2. The molecule has 1 aliphatic carbocycles. The van der Waals surface area contributed by atoms with Gasteiger partial charge in [-0.05, 0) is 24.0 Å². The lowest BCUT2D eigenvalue weighted by atomic mass is 10.1. The molecule has 5 nitrogen and oxygen atoms in total. The summed E-state index contributed by atoms with van der Waals surface area (Å²) in [5.41, 5.74) is 2.31. The molecule has 0 saturated heterocycles. The third-order valence-corrected chi connectivity index (χ3v) is 3.65. The highest BCUT2D eigenvalue weighted by Crippen LogP contribution is 2.30. The van der Waals surface area contributed by atoms with Crippen molar-refractivity contribution in [3.8, 4) is 0 Å². The van der Waals surface area contributed by atoms with Crippen molar-refractivity contribution in [1.29, 1.82) is 0 Å². The third kappa shape index (κ3) is 2.41. The predicted molar refractivity (Wildman–Crippen MR) is 68.4 cm³/mol. The zero-order chi connectivity index (χ0) is 13.4. The van der Waals surface area contributed by atoms with Crippen LogP contribution >= 0.6 is 0 Å². The number of carboxylic acids is 1. The van der Waals surface area contributed by atoms with E-state index >= 15 is 0 Å². The van der Waals surface area contributed by atoms with Crippen LogP contribution in [0.3, 0.4) is 0 Å². The van der Waals surface area contributed by atoms with Gasteiger partial charge >= 0.3 is 12.0 Å². The molecule has 5 heteroatoms. The molecular weight excluding hydrogens is 244 g/mol. The Morgan fingerprint density at radius 1 is 1.21 bits per heavy atom. The fourth-order valence-corrected chi connectivity index (χ4v) is 2.53. The van der Waals surface area contributed by atoms with Crippen molar-refractivity contribution < 1.29 is 14.7 Å². The van der Waals surface area contributed by atoms with Crippen molar-refractivity contribution in [2.24, 2.45) is 0 Å². The van der Waals surface area contributed by atoms with Crippen LogP contribution in [0.15, 0.2) is 24.3 Å². The van der Waals surface area contributed by atoms with E-state index in [9.17, 15) is 9.59 Å². The highest BCUT2D eigenvalue weighted by Gasteiger charge is 2.37. The zero-order valence-corrected chi connectivity index (χ0v) is 10.6. The number of urea groups is 1. The molecule has 2 aliphatic rings. The minimum atomic E-state index is -0.947. The standard InChI is InChI=1S/C14H16N2O3/c17-13(18)9-16(12-5-6-12)14(19)15-7-10-3-1-2-4-11(10)8-15/h1-4,12H,5-9H2,(H,17,18). The van der Waals surface area contributed by atoms with E-state index < -0.39 is 5.97 Å². The number of amides is 2. The number of hydrogen-bond donors (Lipinski definition) is 1. The van der Waals surface area contributed by atoms with E-state index in [-0.39, 0.29) is 18.6 Å². The number of rotatable bonds is 3. The van der Waals surface area contributed by atoms with Crippen LogP contribution in [0.4, 0.5) is 4.79 Å². The molecule has 100 valence electrons. The Morgan fingerprint density at radius 3 is 2.26 bits per heavy atom. The molecule has 0 aromatic heterocycles. The van der Waals surface area contributed by atoms with Gasteiger partial charge in [-0.1, -0.05) is 24.3 Å². The van der Waals surface area contributed by atoms with E-state index in [1.165, 1.54) is 4.90 Å². The second-order valence-corrected chi connectivity index (χ2v) is 5.16. The minimum absolute atomic E-state index is 0.118. The maximum atomic E-state index is 12.4. The van der Waals surface area contributed by atoms with Crippen LogP contribution in [-0.2, 0) is 17.9 Å². The number of fused-ring (bicyclic) bond motifs is 1. The van der Waals surface area contributed by atoms with Gasteiger partial charge in [-0.3, -0.25) is 4.79 Å². The third-order valence-electron chi connectivity index (χ3n) is 3.65. The molecule has 0 radical (unpaired) electrons. The number of nitrogens with zero attached hydrogens (tertiary/aromatic N) is 2. The maximum Gasteiger partial charge on any atom is 0.323 e. The summed E-state index contributed by atoms with van der Waals surface area (Å²) >= 11 is 0. The van der Waals surface area contributed by atoms with Gasteiger partial charge in [0.05, 0.1) is 0 Å². The van der Waals surface area contributed by atoms with Crippen molar-refractivity contribution >= 4 is 12.0 Å². The molecule has 1 aromatic rings. The average Bonchev–Trinajstić information content (AvgIpc) is 3.13. The maximum absolute atomic E-state index is 12.4. The normalized spacial score (nSPS) is 17.2. The molecule has 1 saturated carbocycles. The number of benzene rings is 1. The fourth-order valence-electron chi connectivity index (χ4n) is 2.53. The quantitative estimate of drug-likeness (QED) is 0.899. The topological polar surface area (TPSA) is 60.9 Å². The van der Waals surface area contributed by atoms with Gasteiger partial charge in [0, 0.05) is 19.1 Å². The smallest absolute Gasteiger partial charge is 0.323 e. The number of carbonyl (C=O) groups excluding carboxylic acids is 1. The Hall–Kier alpha value is -2.04. The Bertz CT molecular complexity index is 500. The predicted octanol–water partition coefficient (Wildman–Crippen LogP) is 1.67. The number of aliphatic carboxylic acids is 1. The summed E-state index contributed by atoms with van der Waals surface area (Å²) in [4.78, 5) is 26.5. The summed E-state index contributed by atoms with van der Waals surface area (Å²) in [6.45, 7) is 0.964. The van der Waals surface area contributed by atoms with E-state index in [2.05, 4.69) is 0 Å². The first-order valence-electron chi connectivity index (χ1n) is 6.49. The molecule has 1 aliphatic heterocycles. The molecule has 3 rings (SSSR count). The van der Waals surface area contributed by atoms with E-state index in [0.29, 0.717) is 13.1 Å². The lowest BCUT2D eigenvalue weighted by Gasteiger charge is -2.26. The van der Waals surface area contributed by atoms with Crippen molar-refractivity contribution in [3.63, 3.8) is 0 Å². The van der Waals surface area contributed by atoms with E-state index in [1.54, 1.807) is 4.90 Å². The minimum Gasteiger partial charge on any atom is -0.480 e. The highest BCUT2D eigenvalue weighted by molar-refractivity contribution is 5.81. The van der Waals surface area contributed by atoms with E-state index in [4.69, 9.17) is 5.11 Å². The molecule has 1 aromatic carbocycles. The number of hydrogen-bond acceptors (Lipinski definition) is 2. The van der Waals surface area contributed by atoms with Crippen LogP contribution in [-0.4, -0.2) is 39.5 Å². The number of carboxylic acid groups (broad SMARTS) is 1. The molecule has 0 bridgehead atoms. The Labute approximate surface area is 111 Å². The van der Waals surface area contributed by atoms with Gasteiger partial charge in [-0.2, -0.15) is 0 Å². The Kier molecular flexibility index (Phi) is 2.89. The van der Waals surface area contributed by atoms with Crippen molar-refractivity contribution in [2.45, 2.75) is 32.0 Å². The molecule has 2 amide bonds. The molecule has 1 N–H and O–H groups in total. The zero-order valence-electron chi connectivity index (χ0n) is 10.6. The van der Waals surface area contributed by atoms with Gasteiger partial charge < -0.3 is 14.9 Å². The van der Waals surface area contributed by atoms with Gasteiger partial charge in [0.2, 0.25) is 0 Å². The first-order valence-corrected chi connectivity index (χ1v) is 6.49. The molecule has 1 fully saturated rings. The second kappa shape index (κ2) is 4.57. The molecule has 0 spiro atoms. The van der Waals surface area contributed by atoms with Gasteiger partial charge in [0.1, 0.15) is 6.54 Å². The van der Waals surface area contributed by atoms with Crippen molar-refractivity contribution in [1.82, 2.24) is 9.80 Å². The first kappa shape index (κ1) is 12.0. The summed E-state index contributed by atoms with van der Waals surface area (Å²) in [5, 5.41) is 8.91. The van der Waals surface area contributed by atoms with Crippen molar-refractivity contribution in [2.75, 3.05) is 6.54 Å². The van der Waals surface area contributed by atoms with E-state index in [1.807, 2.05) is 24.3 Å². The summed E-state index contributed by atoms with van der Waals surface area (Å²) in [7, 11) is 0. The molecule has 0 atom stereocenters. The van der Waals surface area contributed by atoms with Crippen LogP contribution < -0.4 is 0 Å². The van der Waals surface area contributed by atoms with Gasteiger partial charge in [0.15, 0.2) is 0 Å². The Morgan fingerprint density at radius 2 is 1.79 bits per heavy atom. The van der Waals surface area contributed by atoms with E-state index in [0.717, 1.165) is 24.0 Å². The summed E-state index contributed by atoms with van der Waals surface area (Å²) in [5.74, 6) is -0.947. The fraction of sp³-hybridized carbons (Fsp3) is 0.429. The van der Waals surface area contributed by atoms with Crippen LogP contribution in [0.2, 0.25) is 0 Å². The van der Waals surface area contributed by atoms with Crippen LogP contribution in [0, 0.1) is 0 Å².